The highest BCUT2D eigenvalue weighted by Gasteiger charge is 2.45. The largest absolute Gasteiger partial charge is 0.481 e. The summed E-state index contributed by atoms with van der Waals surface area (Å²) in [7, 11) is -11.3. The van der Waals surface area contributed by atoms with Crippen molar-refractivity contribution in [3.05, 3.63) is 83.5 Å². The van der Waals surface area contributed by atoms with Crippen LogP contribution in [0.2, 0.25) is 0 Å². The summed E-state index contributed by atoms with van der Waals surface area (Å²) in [5, 5.41) is 57.2. The predicted octanol–water partition coefficient (Wildman–Crippen LogP) is 5.93. The minimum Gasteiger partial charge on any atom is -0.461 e. The number of cyclic esters (lactones) is 1. The number of aromatic nitrogens is 2. The zero-order chi connectivity index (χ0) is 52.2. The van der Waals surface area contributed by atoms with Gasteiger partial charge in [0.2, 0.25) is 0 Å². The number of carbonyl (C=O) groups excluding carboxylic acids is 2. The summed E-state index contributed by atoms with van der Waals surface area (Å²) in [5.74, 6) is -4.50. The second kappa shape index (κ2) is 33.2. The maximum Gasteiger partial charge on any atom is 0.481 e. The number of ether oxygens (including phenoxy) is 3. The Morgan fingerprint density at radius 2 is 1.49 bits per heavy atom. The lowest BCUT2D eigenvalue weighted by Crippen LogP contribution is -2.52. The van der Waals surface area contributed by atoms with Gasteiger partial charge in [-0.05, 0) is 63.9 Å². The molecule has 2 aliphatic rings. The number of anilines is 1. The predicted molar refractivity (Wildman–Crippen MR) is 263 cm³/mol. The minimum atomic E-state index is -5.71. The van der Waals surface area contributed by atoms with Crippen molar-refractivity contribution < 1.29 is 81.6 Å². The van der Waals surface area contributed by atoms with Gasteiger partial charge in [0.15, 0.2) is 6.10 Å². The van der Waals surface area contributed by atoms with Gasteiger partial charge in [-0.3, -0.25) is 23.2 Å². The van der Waals surface area contributed by atoms with Gasteiger partial charge in [0.25, 0.3) is 0 Å². The van der Waals surface area contributed by atoms with E-state index in [9.17, 15) is 58.8 Å². The van der Waals surface area contributed by atoms with Crippen molar-refractivity contribution >= 4 is 33.4 Å². The molecule has 21 nitrogen and oxygen atoms in total. The van der Waals surface area contributed by atoms with Crippen LogP contribution in [-0.4, -0.2) is 119 Å². The van der Waals surface area contributed by atoms with Crippen LogP contribution in [0, 0.1) is 11.8 Å². The van der Waals surface area contributed by atoms with Crippen molar-refractivity contribution in [2.75, 3.05) is 25.6 Å². The Morgan fingerprint density at radius 1 is 0.859 bits per heavy atom. The second-order valence-electron chi connectivity index (χ2n) is 17.6. The van der Waals surface area contributed by atoms with Gasteiger partial charge in [0.05, 0.1) is 44.1 Å². The average Bonchev–Trinajstić information content (AvgIpc) is 3.30. The van der Waals surface area contributed by atoms with E-state index in [1.165, 1.54) is 49.6 Å². The number of fused-ring (bicyclic) bond motifs is 3. The number of phosphoric acid groups is 2. The molecule has 1 aromatic heterocycles. The minimum absolute atomic E-state index is 0.0656. The highest BCUT2D eigenvalue weighted by molar-refractivity contribution is 7.61. The first-order valence-electron chi connectivity index (χ1n) is 24.6. The molecule has 71 heavy (non-hydrogen) atoms. The zero-order valence-corrected chi connectivity index (χ0v) is 42.6. The van der Waals surface area contributed by atoms with Crippen LogP contribution in [0.3, 0.4) is 0 Å². The Bertz CT molecular complexity index is 2050. The highest BCUT2D eigenvalue weighted by atomic mass is 31.3. The van der Waals surface area contributed by atoms with Crippen molar-refractivity contribution in [3.63, 3.8) is 0 Å². The maximum atomic E-state index is 13.3. The summed E-state index contributed by atoms with van der Waals surface area (Å²) in [4.78, 5) is 64.1. The molecule has 1 fully saturated rings. The number of esters is 2. The molecule has 1 saturated heterocycles. The molecule has 2 aliphatic heterocycles. The van der Waals surface area contributed by atoms with Gasteiger partial charge in [-0.15, -0.1) is 0 Å². The molecule has 3 heterocycles. The van der Waals surface area contributed by atoms with Gasteiger partial charge < -0.3 is 55.3 Å². The van der Waals surface area contributed by atoms with E-state index in [4.69, 9.17) is 29.0 Å². The molecule has 0 amide bonds. The van der Waals surface area contributed by atoms with E-state index in [2.05, 4.69) is 40.5 Å². The van der Waals surface area contributed by atoms with Crippen molar-refractivity contribution in [3.8, 4) is 0 Å². The monoisotopic (exact) mass is 1050 g/mol. The van der Waals surface area contributed by atoms with E-state index in [0.717, 1.165) is 42.9 Å². The summed E-state index contributed by atoms with van der Waals surface area (Å²) < 4.78 is 58.6. The SMILES string of the molecule is CCCCC/C=C\C/C=C\C/C=C\CCCCC(=O)O[C@@H]1COC(=O)C/C=C\C[C@H]2[C@H](n3ccc(N)nc3=O)O[C@H](COP(=O)(O)OP(=O)(O)OC1)[C@@H](O)[C@@H](O)[C@@H](C=C[C@H](O)CCCCC)[C@H](O)C[C@@H]2O. The van der Waals surface area contributed by atoms with Crippen LogP contribution < -0.4 is 11.4 Å². The zero-order valence-electron chi connectivity index (χ0n) is 40.8. The Hall–Kier alpha value is -3.66. The van der Waals surface area contributed by atoms with Gasteiger partial charge in [0, 0.05) is 30.9 Å². The van der Waals surface area contributed by atoms with Gasteiger partial charge in [-0.1, -0.05) is 107 Å². The first kappa shape index (κ1) is 61.6. The molecule has 0 radical (unpaired) electrons. The molecule has 2 bridgehead atoms. The fourth-order valence-corrected chi connectivity index (χ4v) is 9.80. The summed E-state index contributed by atoms with van der Waals surface area (Å²) in [5.41, 5.74) is 4.72. The Kier molecular flexibility index (Phi) is 28.8. The lowest BCUT2D eigenvalue weighted by Gasteiger charge is -2.40. The lowest BCUT2D eigenvalue weighted by molar-refractivity contribution is -0.194. The van der Waals surface area contributed by atoms with E-state index < -0.39 is 127 Å². The topological polar surface area (TPSA) is 326 Å². The van der Waals surface area contributed by atoms with Gasteiger partial charge >= 0.3 is 33.3 Å². The smallest absolute Gasteiger partial charge is 0.461 e. The third-order valence-electron chi connectivity index (χ3n) is 11.7. The molecule has 23 heteroatoms. The molecule has 3 rings (SSSR count). The Balaban J connectivity index is 1.84. The van der Waals surface area contributed by atoms with Gasteiger partial charge in [-0.2, -0.15) is 9.29 Å². The number of phosphoric ester groups is 2. The number of hydrogen-bond donors (Lipinski definition) is 8. The van der Waals surface area contributed by atoms with Crippen LogP contribution in [0.4, 0.5) is 5.82 Å². The number of aliphatic hydroxyl groups is 5. The molecule has 12 atom stereocenters. The van der Waals surface area contributed by atoms with Crippen LogP contribution in [0.1, 0.15) is 129 Å². The van der Waals surface area contributed by atoms with Crippen LogP contribution >= 0.6 is 15.6 Å². The number of aliphatic hydroxyl groups excluding tert-OH is 5. The molecule has 0 spiro atoms. The first-order valence-corrected chi connectivity index (χ1v) is 27.5. The van der Waals surface area contributed by atoms with Crippen LogP contribution in [-0.2, 0) is 46.3 Å². The normalized spacial score (nSPS) is 31.1. The fraction of sp³-hybridized carbons (Fsp3) is 0.667. The third kappa shape index (κ3) is 24.3. The number of rotatable bonds is 21. The molecule has 1 aromatic rings. The van der Waals surface area contributed by atoms with Crippen LogP contribution in [0.15, 0.2) is 77.8 Å². The van der Waals surface area contributed by atoms with Crippen molar-refractivity contribution in [2.24, 2.45) is 11.8 Å². The van der Waals surface area contributed by atoms with E-state index in [1.54, 1.807) is 0 Å². The van der Waals surface area contributed by atoms with Crippen molar-refractivity contribution in [1.29, 1.82) is 0 Å². The maximum absolute atomic E-state index is 13.3. The number of hydrogen-bond acceptors (Lipinski definition) is 18. The number of allylic oxidation sites excluding steroid dienone is 7. The molecule has 402 valence electrons. The molecule has 0 aromatic carbocycles. The number of carbonyl (C=O) groups is 2. The van der Waals surface area contributed by atoms with E-state index in [1.807, 2.05) is 19.1 Å². The average molecular weight is 1050 g/mol. The van der Waals surface area contributed by atoms with Crippen LogP contribution in [0.25, 0.3) is 0 Å². The summed E-state index contributed by atoms with van der Waals surface area (Å²) in [6.45, 7) is 1.32. The Labute approximate surface area is 416 Å². The summed E-state index contributed by atoms with van der Waals surface area (Å²) in [6.07, 6.45) is 15.2. The van der Waals surface area contributed by atoms with Crippen molar-refractivity contribution in [1.82, 2.24) is 9.55 Å². The van der Waals surface area contributed by atoms with E-state index >= 15 is 0 Å². The number of nitrogens with two attached hydrogens (primary N) is 1. The first-order chi connectivity index (χ1) is 33.9. The lowest BCUT2D eigenvalue weighted by atomic mass is 9.82. The van der Waals surface area contributed by atoms with E-state index in [-0.39, 0.29) is 18.7 Å². The number of nitrogens with zero attached hydrogens (tertiary/aromatic N) is 2. The van der Waals surface area contributed by atoms with Crippen LogP contribution in [0.5, 0.6) is 0 Å². The second-order valence-corrected chi connectivity index (χ2v) is 20.6. The molecule has 0 saturated carbocycles. The highest BCUT2D eigenvalue weighted by Crippen LogP contribution is 2.60. The standard InChI is InChI=1S/C48H77N3O18P2/c1-3-5-7-8-9-10-11-12-13-14-15-16-17-18-20-26-44(56)67-36-32-64-43(55)25-22-21-24-38-40(54)31-39(53)37(28-27-35(52)23-19-6-4-2)45(57)46(58)41(34-66-71(62,63)69-70(60,61)65-33-36)68-47(38)51-30-29-42(49)50-48(51)59/h9-10,12-13,15-16,21-22,27-30,35-41,45-47,52-54,57-58H,3-8,11,14,17-20,23-26,31-34H2,1-2H3,(H,60,61)(H,62,63)(H2,49,50,59)/b10-9-,13-12-,16-15-,22-21-,28-27?/t35-,36-,37+,38-,39-,40+,41-,45+,46-,47-/m1/s1. The molecule has 9 N–H and O–H groups in total. The van der Waals surface area contributed by atoms with Gasteiger partial charge in [0.1, 0.15) is 30.9 Å². The molecule has 0 aliphatic carbocycles. The Morgan fingerprint density at radius 3 is 2.15 bits per heavy atom. The molecular formula is C48H77N3O18P2. The van der Waals surface area contributed by atoms with Crippen molar-refractivity contribution in [2.45, 2.75) is 172 Å². The molecule has 2 unspecified atom stereocenters. The summed E-state index contributed by atoms with van der Waals surface area (Å²) >= 11 is 0. The third-order valence-corrected chi connectivity index (χ3v) is 14.3. The summed E-state index contributed by atoms with van der Waals surface area (Å²) in [6, 6.07) is 1.22. The number of nitrogen functional groups attached to an aromatic ring is 1. The quantitative estimate of drug-likeness (QED) is 0.0306. The number of unbranched alkanes of at least 4 members (excludes halogenated alkanes) is 7. The molecular weight excluding hydrogens is 968 g/mol. The van der Waals surface area contributed by atoms with Gasteiger partial charge in [-0.25, -0.2) is 13.9 Å². The van der Waals surface area contributed by atoms with E-state index in [0.29, 0.717) is 32.1 Å². The fourth-order valence-electron chi connectivity index (χ4n) is 7.69.